The number of hydrogen-bond acceptors (Lipinski definition) is 2. The molecule has 0 spiro atoms. The van der Waals surface area contributed by atoms with Gasteiger partial charge < -0.3 is 11.5 Å². The molecule has 1 aliphatic rings. The van der Waals surface area contributed by atoms with Crippen LogP contribution in [0.4, 0.5) is 0 Å². The summed E-state index contributed by atoms with van der Waals surface area (Å²) >= 11 is 11.8. The first-order valence-electron chi connectivity index (χ1n) is 3.41. The minimum atomic E-state index is -0.910. The van der Waals surface area contributed by atoms with E-state index in [1.807, 2.05) is 0 Å². The molecule has 0 bridgehead atoms. The fourth-order valence-electron chi connectivity index (χ4n) is 1.18. The first-order chi connectivity index (χ1) is 4.46. The monoisotopic (exact) mass is 377 g/mol. The van der Waals surface area contributed by atoms with Crippen LogP contribution in [0.1, 0.15) is 25.7 Å². The Morgan fingerprint density at radius 2 is 1.18 bits per heavy atom. The molecule has 2 nitrogen and oxygen atoms in total. The van der Waals surface area contributed by atoms with Crippen molar-refractivity contribution in [2.24, 2.45) is 11.5 Å². The number of alkyl halides is 2. The van der Waals surface area contributed by atoms with Gasteiger partial charge >= 0.3 is 21.1 Å². The topological polar surface area (TPSA) is 52.0 Å². The van der Waals surface area contributed by atoms with Gasteiger partial charge in [0.1, 0.15) is 10.00 Å². The van der Waals surface area contributed by atoms with Gasteiger partial charge in [-0.15, -0.1) is 0 Å². The van der Waals surface area contributed by atoms with Crippen molar-refractivity contribution in [2.45, 2.75) is 35.7 Å². The van der Waals surface area contributed by atoms with Gasteiger partial charge in [0.05, 0.1) is 0 Å². The SMILES string of the molecule is N[C@]1(Cl)CCCC[C@@]1(N)Cl.[Pt+2]. The van der Waals surface area contributed by atoms with Gasteiger partial charge in [-0.25, -0.2) is 0 Å². The van der Waals surface area contributed by atoms with Gasteiger partial charge in [-0.05, 0) is 12.8 Å². The maximum atomic E-state index is 5.88. The quantitative estimate of drug-likeness (QED) is 0.494. The molecule has 11 heavy (non-hydrogen) atoms. The molecular formula is C6H12Cl2N2Pt+2. The van der Waals surface area contributed by atoms with Crippen LogP contribution >= 0.6 is 23.2 Å². The third-order valence-electron chi connectivity index (χ3n) is 2.02. The van der Waals surface area contributed by atoms with E-state index >= 15 is 0 Å². The second kappa shape index (κ2) is 3.93. The van der Waals surface area contributed by atoms with Crippen molar-refractivity contribution in [3.8, 4) is 0 Å². The van der Waals surface area contributed by atoms with Crippen molar-refractivity contribution in [2.75, 3.05) is 0 Å². The zero-order chi connectivity index (χ0) is 7.83. The zero-order valence-electron chi connectivity index (χ0n) is 6.06. The van der Waals surface area contributed by atoms with Crippen LogP contribution in [0.2, 0.25) is 0 Å². The molecule has 5 heteroatoms. The van der Waals surface area contributed by atoms with Gasteiger partial charge in [0.2, 0.25) is 0 Å². The molecule has 0 aromatic heterocycles. The van der Waals surface area contributed by atoms with Gasteiger partial charge in [-0.3, -0.25) is 0 Å². The van der Waals surface area contributed by atoms with Crippen molar-refractivity contribution in [3.63, 3.8) is 0 Å². The fraction of sp³-hybridized carbons (Fsp3) is 1.00. The van der Waals surface area contributed by atoms with Gasteiger partial charge in [-0.2, -0.15) is 0 Å². The van der Waals surface area contributed by atoms with E-state index in [2.05, 4.69) is 0 Å². The number of hydrogen-bond donors (Lipinski definition) is 2. The second-order valence-corrected chi connectivity index (χ2v) is 4.28. The van der Waals surface area contributed by atoms with E-state index in [1.165, 1.54) is 0 Å². The van der Waals surface area contributed by atoms with Crippen molar-refractivity contribution >= 4 is 23.2 Å². The molecule has 2 atom stereocenters. The Bertz CT molecular complexity index is 123. The predicted octanol–water partition coefficient (Wildman–Crippen LogP) is 1.35. The molecule has 1 aliphatic carbocycles. The summed E-state index contributed by atoms with van der Waals surface area (Å²) in [4.78, 5) is -1.82. The fourth-order valence-corrected chi connectivity index (χ4v) is 1.64. The molecule has 1 saturated carbocycles. The Balaban J connectivity index is 0.000001000. The van der Waals surface area contributed by atoms with Gasteiger partial charge in [-0.1, -0.05) is 36.0 Å². The van der Waals surface area contributed by atoms with E-state index in [0.29, 0.717) is 12.8 Å². The largest absolute Gasteiger partial charge is 2.00 e. The molecule has 0 radical (unpaired) electrons. The molecular weight excluding hydrogens is 366 g/mol. The average molecular weight is 378 g/mol. The Labute approximate surface area is 91.2 Å². The van der Waals surface area contributed by atoms with Crippen molar-refractivity contribution in [3.05, 3.63) is 0 Å². The molecule has 0 aromatic carbocycles. The molecule has 0 aromatic rings. The average Bonchev–Trinajstić information content (AvgIpc) is 1.77. The van der Waals surface area contributed by atoms with Gasteiger partial charge in [0, 0.05) is 0 Å². The van der Waals surface area contributed by atoms with E-state index in [9.17, 15) is 0 Å². The Morgan fingerprint density at radius 1 is 0.909 bits per heavy atom. The Kier molecular flexibility index (Phi) is 4.36. The summed E-state index contributed by atoms with van der Waals surface area (Å²) in [5.74, 6) is 0. The van der Waals surface area contributed by atoms with Crippen molar-refractivity contribution in [1.82, 2.24) is 0 Å². The van der Waals surface area contributed by atoms with E-state index < -0.39 is 10.00 Å². The summed E-state index contributed by atoms with van der Waals surface area (Å²) in [6.07, 6.45) is 3.44. The van der Waals surface area contributed by atoms with E-state index in [1.54, 1.807) is 0 Å². The normalized spacial score (nSPS) is 44.7. The summed E-state index contributed by atoms with van der Waals surface area (Å²) in [6.45, 7) is 0. The molecule has 1 fully saturated rings. The van der Waals surface area contributed by atoms with E-state index in [-0.39, 0.29) is 21.1 Å². The summed E-state index contributed by atoms with van der Waals surface area (Å²) in [5.41, 5.74) is 11.3. The minimum absolute atomic E-state index is 0. The van der Waals surface area contributed by atoms with E-state index in [4.69, 9.17) is 34.7 Å². The van der Waals surface area contributed by atoms with Crippen LogP contribution in [0.25, 0.3) is 0 Å². The van der Waals surface area contributed by atoms with E-state index in [0.717, 1.165) is 12.8 Å². The van der Waals surface area contributed by atoms with Crippen molar-refractivity contribution < 1.29 is 21.1 Å². The second-order valence-electron chi connectivity index (χ2n) is 2.93. The summed E-state index contributed by atoms with van der Waals surface area (Å²) in [7, 11) is 0. The maximum Gasteiger partial charge on any atom is 2.00 e. The first-order valence-corrected chi connectivity index (χ1v) is 4.17. The zero-order valence-corrected chi connectivity index (χ0v) is 9.84. The molecule has 0 unspecified atom stereocenters. The molecule has 0 saturated heterocycles. The summed E-state index contributed by atoms with van der Waals surface area (Å²) < 4.78 is 0. The molecule has 1 rings (SSSR count). The van der Waals surface area contributed by atoms with Crippen LogP contribution in [0.3, 0.4) is 0 Å². The summed E-state index contributed by atoms with van der Waals surface area (Å²) in [5, 5.41) is 0. The maximum absolute atomic E-state index is 5.88. The number of rotatable bonds is 0. The standard InChI is InChI=1S/C6H12Cl2N2.Pt/c7-5(9)3-1-2-4-6(5,8)10;/h1-4,9-10H2;/q;+2/t5-,6+;. The molecule has 0 amide bonds. The molecule has 68 valence electrons. The van der Waals surface area contributed by atoms with Crippen LogP contribution in [0, 0.1) is 0 Å². The van der Waals surface area contributed by atoms with Crippen LogP contribution in [0.15, 0.2) is 0 Å². The molecule has 0 heterocycles. The smallest absolute Gasteiger partial charge is 0.310 e. The third-order valence-corrected chi connectivity index (χ3v) is 3.17. The predicted molar refractivity (Wildman–Crippen MR) is 44.0 cm³/mol. The van der Waals surface area contributed by atoms with Crippen LogP contribution in [0.5, 0.6) is 0 Å². The van der Waals surface area contributed by atoms with Crippen LogP contribution < -0.4 is 11.5 Å². The van der Waals surface area contributed by atoms with Crippen LogP contribution in [-0.2, 0) is 21.1 Å². The number of halogens is 2. The molecule has 0 aliphatic heterocycles. The summed E-state index contributed by atoms with van der Waals surface area (Å²) in [6, 6.07) is 0. The minimum Gasteiger partial charge on any atom is -0.310 e. The van der Waals surface area contributed by atoms with Crippen LogP contribution in [-0.4, -0.2) is 10.00 Å². The number of nitrogens with two attached hydrogens (primary N) is 2. The van der Waals surface area contributed by atoms with Gasteiger partial charge in [0.15, 0.2) is 0 Å². The first kappa shape index (κ1) is 12.2. The molecule has 4 N–H and O–H groups in total. The van der Waals surface area contributed by atoms with Gasteiger partial charge in [0.25, 0.3) is 0 Å². The Morgan fingerprint density at radius 3 is 1.36 bits per heavy atom. The Hall–Kier alpha value is 1.19. The van der Waals surface area contributed by atoms with Crippen molar-refractivity contribution in [1.29, 1.82) is 0 Å². The third kappa shape index (κ3) is 2.57.